The Bertz CT molecular complexity index is 2250. The maximum absolute atomic E-state index is 13.3. The lowest BCUT2D eigenvalue weighted by Gasteiger charge is -2.25. The molecule has 3 N–H and O–H groups in total. The minimum absolute atomic E-state index is 0.417. The number of rotatable bonds is 13. The number of hydrogen-bond donors (Lipinski definition) is 2. The molecule has 0 bridgehead atoms. The van der Waals surface area contributed by atoms with Gasteiger partial charge in [-0.2, -0.15) is 5.21 Å². The van der Waals surface area contributed by atoms with Crippen molar-refractivity contribution in [1.29, 1.82) is 0 Å². The SMILES string of the molecule is CCCc1nc(CSc2ccc(Oc3ccc(N)c(N(C)C(=O)OC(C)(C)C)c3)cc2)c(C(=O)OC)n1Cc1ccc(-c2ccccc2-c2nn[nH]n2)cc1. The number of nitrogens with zero attached hydrogens (tertiary/aromatic N) is 6. The van der Waals surface area contributed by atoms with Crippen LogP contribution in [-0.2, 0) is 28.2 Å². The molecule has 0 aliphatic carbocycles. The second-order valence-corrected chi connectivity index (χ2v) is 14.8. The summed E-state index contributed by atoms with van der Waals surface area (Å²) < 4.78 is 18.9. The fourth-order valence-corrected chi connectivity index (χ4v) is 6.77. The molecule has 0 aliphatic heterocycles. The number of amides is 1. The van der Waals surface area contributed by atoms with Crippen LogP contribution in [0.3, 0.4) is 0 Å². The van der Waals surface area contributed by atoms with E-state index in [1.165, 1.54) is 12.0 Å². The number of aryl methyl sites for hydroxylation is 1. The Labute approximate surface area is 324 Å². The number of ether oxygens (including phenoxy) is 3. The number of esters is 1. The summed E-state index contributed by atoms with van der Waals surface area (Å²) in [7, 11) is 3.00. The van der Waals surface area contributed by atoms with Gasteiger partial charge in [-0.3, -0.25) is 4.90 Å². The average Bonchev–Trinajstić information content (AvgIpc) is 3.83. The Morgan fingerprint density at radius 2 is 1.65 bits per heavy atom. The highest BCUT2D eigenvalue weighted by Gasteiger charge is 2.25. The molecule has 0 atom stereocenters. The molecule has 2 aromatic heterocycles. The standard InChI is InChI=1S/C41H44N8O5S/c1-7-10-36-43-34(25-55-30-20-17-28(18-21-30)53-29-19-22-33(42)35(23-29)48(5)40(51)54-41(2,3)4)37(39(50)52-6)49(36)24-26-13-15-27(16-14-26)31-11-8-9-12-32(31)38-44-46-47-45-38/h8-9,11-23H,7,10,24-25,42H2,1-6H3,(H,44,45,46,47). The number of thioether (sulfide) groups is 1. The first-order valence-corrected chi connectivity index (χ1v) is 18.8. The molecule has 0 aliphatic rings. The van der Waals surface area contributed by atoms with Crippen molar-refractivity contribution in [2.24, 2.45) is 0 Å². The zero-order valence-electron chi connectivity index (χ0n) is 31.7. The van der Waals surface area contributed by atoms with Crippen LogP contribution >= 0.6 is 11.8 Å². The lowest BCUT2D eigenvalue weighted by molar-refractivity contribution is 0.0578. The van der Waals surface area contributed by atoms with Crippen molar-refractivity contribution in [3.8, 4) is 34.0 Å². The number of methoxy groups -OCH3 is 1. The van der Waals surface area contributed by atoms with E-state index in [0.717, 1.165) is 39.4 Å². The third kappa shape index (κ3) is 9.33. The molecule has 13 nitrogen and oxygen atoms in total. The van der Waals surface area contributed by atoms with Crippen LogP contribution in [0.5, 0.6) is 11.5 Å². The lowest BCUT2D eigenvalue weighted by Crippen LogP contribution is -2.34. The minimum Gasteiger partial charge on any atom is -0.464 e. The highest BCUT2D eigenvalue weighted by Crippen LogP contribution is 2.34. The zero-order chi connectivity index (χ0) is 39.1. The van der Waals surface area contributed by atoms with E-state index in [4.69, 9.17) is 24.9 Å². The summed E-state index contributed by atoms with van der Waals surface area (Å²) in [5, 5.41) is 14.6. The fourth-order valence-electron chi connectivity index (χ4n) is 5.94. The van der Waals surface area contributed by atoms with E-state index in [9.17, 15) is 9.59 Å². The highest BCUT2D eigenvalue weighted by atomic mass is 32.2. The van der Waals surface area contributed by atoms with Gasteiger partial charge in [-0.1, -0.05) is 55.5 Å². The molecule has 14 heteroatoms. The van der Waals surface area contributed by atoms with E-state index in [2.05, 4.69) is 51.8 Å². The second kappa shape index (κ2) is 16.9. The van der Waals surface area contributed by atoms with Crippen molar-refractivity contribution >= 4 is 35.2 Å². The number of nitrogens with one attached hydrogen (secondary N) is 1. The number of anilines is 2. The number of carbonyl (C=O) groups excluding carboxylic acids is 2. The van der Waals surface area contributed by atoms with Crippen molar-refractivity contribution in [3.05, 3.63) is 114 Å². The smallest absolute Gasteiger partial charge is 0.414 e. The van der Waals surface area contributed by atoms with E-state index >= 15 is 0 Å². The summed E-state index contributed by atoms with van der Waals surface area (Å²) in [5.74, 6) is 2.50. The van der Waals surface area contributed by atoms with Gasteiger partial charge in [0.05, 0.1) is 24.2 Å². The Morgan fingerprint density at radius 1 is 0.945 bits per heavy atom. The average molecular weight is 761 g/mol. The van der Waals surface area contributed by atoms with Gasteiger partial charge in [-0.25, -0.2) is 14.6 Å². The molecule has 0 saturated carbocycles. The summed E-state index contributed by atoms with van der Waals surface area (Å²) in [6, 6.07) is 28.9. The maximum atomic E-state index is 13.3. The molecule has 0 fully saturated rings. The molecule has 1 amide bonds. The van der Waals surface area contributed by atoms with Crippen molar-refractivity contribution < 1.29 is 23.8 Å². The van der Waals surface area contributed by atoms with Gasteiger partial charge in [0, 0.05) is 42.3 Å². The van der Waals surface area contributed by atoms with Crippen LogP contribution in [0.2, 0.25) is 0 Å². The molecule has 284 valence electrons. The summed E-state index contributed by atoms with van der Waals surface area (Å²) in [6.07, 6.45) is 1.05. The number of imidazole rings is 1. The number of benzene rings is 4. The molecule has 0 radical (unpaired) electrons. The summed E-state index contributed by atoms with van der Waals surface area (Å²) in [4.78, 5) is 33.3. The van der Waals surface area contributed by atoms with E-state index in [1.807, 2.05) is 73.9 Å². The van der Waals surface area contributed by atoms with E-state index in [0.29, 0.717) is 58.8 Å². The Morgan fingerprint density at radius 3 is 2.31 bits per heavy atom. The van der Waals surface area contributed by atoms with Crippen molar-refractivity contribution in [1.82, 2.24) is 30.2 Å². The number of H-pyrrole nitrogens is 1. The first-order valence-electron chi connectivity index (χ1n) is 17.8. The Kier molecular flexibility index (Phi) is 11.8. The molecule has 4 aromatic carbocycles. The largest absolute Gasteiger partial charge is 0.464 e. The minimum atomic E-state index is -0.646. The van der Waals surface area contributed by atoms with E-state index in [-0.39, 0.29) is 0 Å². The molecule has 0 saturated heterocycles. The van der Waals surface area contributed by atoms with Crippen LogP contribution in [0.4, 0.5) is 16.2 Å². The van der Waals surface area contributed by atoms with Crippen LogP contribution in [0.15, 0.2) is 95.9 Å². The van der Waals surface area contributed by atoms with Gasteiger partial charge in [0.2, 0.25) is 5.82 Å². The van der Waals surface area contributed by atoms with Crippen LogP contribution in [0.25, 0.3) is 22.5 Å². The molecular formula is C41H44N8O5S. The summed E-state index contributed by atoms with van der Waals surface area (Å²) >= 11 is 1.56. The molecule has 0 spiro atoms. The van der Waals surface area contributed by atoms with Crippen LogP contribution in [-0.4, -0.2) is 62.0 Å². The van der Waals surface area contributed by atoms with Gasteiger partial charge in [0.15, 0.2) is 5.69 Å². The number of nitrogen functional groups attached to an aromatic ring is 1. The highest BCUT2D eigenvalue weighted by molar-refractivity contribution is 7.98. The topological polar surface area (TPSA) is 163 Å². The Hall–Kier alpha value is -6.15. The maximum Gasteiger partial charge on any atom is 0.414 e. The van der Waals surface area contributed by atoms with E-state index < -0.39 is 17.7 Å². The number of aromatic amines is 1. The van der Waals surface area contributed by atoms with Crippen LogP contribution in [0.1, 0.15) is 61.7 Å². The fraction of sp³-hybridized carbons (Fsp3) is 0.268. The molecule has 0 unspecified atom stereocenters. The van der Waals surface area contributed by atoms with Gasteiger partial charge in [0.25, 0.3) is 0 Å². The first kappa shape index (κ1) is 38.6. The Balaban J connectivity index is 1.17. The van der Waals surface area contributed by atoms with E-state index in [1.54, 1.807) is 37.0 Å². The summed E-state index contributed by atoms with van der Waals surface area (Å²) in [5.41, 5.74) is 11.4. The molecular weight excluding hydrogens is 717 g/mol. The van der Waals surface area contributed by atoms with Gasteiger partial charge in [0.1, 0.15) is 22.9 Å². The van der Waals surface area contributed by atoms with Gasteiger partial charge in [-0.05, 0) is 85.5 Å². The first-order chi connectivity index (χ1) is 26.4. The second-order valence-electron chi connectivity index (χ2n) is 13.8. The third-order valence-electron chi connectivity index (χ3n) is 8.56. The quantitative estimate of drug-likeness (QED) is 0.0659. The number of carbonyl (C=O) groups is 2. The zero-order valence-corrected chi connectivity index (χ0v) is 32.5. The van der Waals surface area contributed by atoms with Gasteiger partial charge in [-0.15, -0.1) is 22.0 Å². The number of nitrogens with two attached hydrogens (primary N) is 1. The van der Waals surface area contributed by atoms with Crippen LogP contribution < -0.4 is 15.4 Å². The monoisotopic (exact) mass is 760 g/mol. The number of tetrazole rings is 1. The molecule has 55 heavy (non-hydrogen) atoms. The lowest BCUT2D eigenvalue weighted by atomic mass is 9.98. The van der Waals surface area contributed by atoms with Crippen LogP contribution in [0, 0.1) is 0 Å². The number of hydrogen-bond acceptors (Lipinski definition) is 11. The van der Waals surface area contributed by atoms with Crippen molar-refractivity contribution in [2.75, 3.05) is 24.8 Å². The molecule has 6 aromatic rings. The predicted molar refractivity (Wildman–Crippen MR) is 213 cm³/mol. The van der Waals surface area contributed by atoms with Gasteiger partial charge < -0.3 is 24.5 Å². The predicted octanol–water partition coefficient (Wildman–Crippen LogP) is 8.56. The van der Waals surface area contributed by atoms with Gasteiger partial charge >= 0.3 is 12.1 Å². The summed E-state index contributed by atoms with van der Waals surface area (Å²) in [6.45, 7) is 7.97. The number of aromatic nitrogens is 6. The third-order valence-corrected chi connectivity index (χ3v) is 9.58. The van der Waals surface area contributed by atoms with Crippen molar-refractivity contribution in [2.45, 2.75) is 63.3 Å². The van der Waals surface area contributed by atoms with Crippen molar-refractivity contribution in [3.63, 3.8) is 0 Å². The molecule has 6 rings (SSSR count). The normalized spacial score (nSPS) is 11.3. The molecule has 2 heterocycles.